The predicted molar refractivity (Wildman–Crippen MR) is 56.3 cm³/mol. The number of carbonyl (C=O) groups is 1. The fourth-order valence-electron chi connectivity index (χ4n) is 1.75. The Hall–Kier alpha value is -2.30. The molecule has 16 heavy (non-hydrogen) atoms. The SMILES string of the molecule is COC(=O)c1cnn2ccc3ccoc3c12. The van der Waals surface area contributed by atoms with Crippen LogP contribution in [0.15, 0.2) is 35.2 Å². The average molecular weight is 216 g/mol. The summed E-state index contributed by atoms with van der Waals surface area (Å²) in [5.41, 5.74) is 1.68. The van der Waals surface area contributed by atoms with Crippen LogP contribution in [0.2, 0.25) is 0 Å². The molecule has 0 bridgehead atoms. The molecule has 80 valence electrons. The highest BCUT2D eigenvalue weighted by Gasteiger charge is 2.16. The van der Waals surface area contributed by atoms with Gasteiger partial charge < -0.3 is 9.15 Å². The smallest absolute Gasteiger partial charge is 0.341 e. The minimum absolute atomic E-state index is 0.406. The molecule has 5 heteroatoms. The van der Waals surface area contributed by atoms with E-state index in [9.17, 15) is 4.79 Å². The van der Waals surface area contributed by atoms with E-state index in [0.29, 0.717) is 16.7 Å². The van der Waals surface area contributed by atoms with Crippen molar-refractivity contribution in [3.05, 3.63) is 36.4 Å². The zero-order chi connectivity index (χ0) is 11.1. The van der Waals surface area contributed by atoms with Crippen LogP contribution in [-0.4, -0.2) is 22.7 Å². The molecule has 3 rings (SSSR count). The lowest BCUT2D eigenvalue weighted by molar-refractivity contribution is 0.0603. The van der Waals surface area contributed by atoms with Crippen LogP contribution in [0.5, 0.6) is 0 Å². The van der Waals surface area contributed by atoms with Gasteiger partial charge in [-0.3, -0.25) is 0 Å². The molecule has 0 atom stereocenters. The minimum atomic E-state index is -0.418. The van der Waals surface area contributed by atoms with E-state index in [4.69, 9.17) is 9.15 Å². The normalized spacial score (nSPS) is 11.1. The lowest BCUT2D eigenvalue weighted by Crippen LogP contribution is -2.00. The molecule has 0 aliphatic rings. The maximum Gasteiger partial charge on any atom is 0.341 e. The van der Waals surface area contributed by atoms with Crippen LogP contribution in [0.1, 0.15) is 10.4 Å². The Morgan fingerprint density at radius 2 is 2.38 bits per heavy atom. The molecule has 0 saturated carbocycles. The molecule has 3 aromatic heterocycles. The summed E-state index contributed by atoms with van der Waals surface area (Å²) in [6, 6.07) is 3.71. The molecular weight excluding hydrogens is 208 g/mol. The summed E-state index contributed by atoms with van der Waals surface area (Å²) in [6.45, 7) is 0. The molecule has 0 aromatic carbocycles. The minimum Gasteiger partial charge on any atom is -0.465 e. The maximum absolute atomic E-state index is 11.5. The average Bonchev–Trinajstić information content (AvgIpc) is 2.92. The fraction of sp³-hybridized carbons (Fsp3) is 0.0909. The number of aromatic nitrogens is 2. The predicted octanol–water partition coefficient (Wildman–Crippen LogP) is 1.87. The highest BCUT2D eigenvalue weighted by Crippen LogP contribution is 2.24. The Morgan fingerprint density at radius 3 is 3.19 bits per heavy atom. The van der Waals surface area contributed by atoms with E-state index < -0.39 is 5.97 Å². The number of carbonyl (C=O) groups excluding carboxylic acids is 1. The van der Waals surface area contributed by atoms with Crippen LogP contribution >= 0.6 is 0 Å². The summed E-state index contributed by atoms with van der Waals surface area (Å²) in [7, 11) is 1.34. The molecule has 0 unspecified atom stereocenters. The fourth-order valence-corrected chi connectivity index (χ4v) is 1.75. The topological polar surface area (TPSA) is 56.7 Å². The van der Waals surface area contributed by atoms with Gasteiger partial charge in [-0.2, -0.15) is 5.10 Å². The van der Waals surface area contributed by atoms with Crippen LogP contribution < -0.4 is 0 Å². The molecule has 3 heterocycles. The van der Waals surface area contributed by atoms with E-state index in [1.165, 1.54) is 13.3 Å². The summed E-state index contributed by atoms with van der Waals surface area (Å²) >= 11 is 0. The molecule has 0 aliphatic heterocycles. The van der Waals surface area contributed by atoms with Gasteiger partial charge in [0.15, 0.2) is 5.58 Å². The first-order chi connectivity index (χ1) is 7.81. The number of esters is 1. The number of nitrogens with zero attached hydrogens (tertiary/aromatic N) is 2. The van der Waals surface area contributed by atoms with Gasteiger partial charge >= 0.3 is 5.97 Å². The molecule has 0 radical (unpaired) electrons. The Bertz CT molecular complexity index is 681. The van der Waals surface area contributed by atoms with Gasteiger partial charge in [-0.25, -0.2) is 9.31 Å². The van der Waals surface area contributed by atoms with E-state index in [2.05, 4.69) is 5.10 Å². The second-order valence-corrected chi connectivity index (χ2v) is 3.36. The van der Waals surface area contributed by atoms with Crippen molar-refractivity contribution >= 4 is 22.5 Å². The number of pyridine rings is 1. The number of hydrogen-bond acceptors (Lipinski definition) is 4. The number of hydrogen-bond donors (Lipinski definition) is 0. The van der Waals surface area contributed by atoms with Gasteiger partial charge in [-0.05, 0) is 12.1 Å². The summed E-state index contributed by atoms with van der Waals surface area (Å²) < 4.78 is 11.6. The molecule has 5 nitrogen and oxygen atoms in total. The second kappa shape index (κ2) is 3.10. The number of methoxy groups -OCH3 is 1. The third-order valence-electron chi connectivity index (χ3n) is 2.51. The van der Waals surface area contributed by atoms with Gasteiger partial charge in [0.2, 0.25) is 0 Å². The van der Waals surface area contributed by atoms with Crippen molar-refractivity contribution in [1.29, 1.82) is 0 Å². The first-order valence-corrected chi connectivity index (χ1v) is 4.73. The number of rotatable bonds is 1. The summed E-state index contributed by atoms with van der Waals surface area (Å²) in [5, 5.41) is 5.00. The standard InChI is InChI=1S/C11H8N2O3/c1-15-11(14)8-6-12-13-4-2-7-3-5-16-10(7)9(8)13/h2-6H,1H3. The van der Waals surface area contributed by atoms with Crippen molar-refractivity contribution in [2.75, 3.05) is 7.11 Å². The van der Waals surface area contributed by atoms with Gasteiger partial charge in [0, 0.05) is 11.6 Å². The Kier molecular flexibility index (Phi) is 1.73. The summed E-state index contributed by atoms with van der Waals surface area (Å²) in [5.74, 6) is -0.418. The van der Waals surface area contributed by atoms with Gasteiger partial charge in [0.05, 0.1) is 19.6 Å². The highest BCUT2D eigenvalue weighted by molar-refractivity contribution is 6.05. The lowest BCUT2D eigenvalue weighted by atomic mass is 10.2. The molecular formula is C11H8N2O3. The number of ether oxygens (including phenoxy) is 1. The van der Waals surface area contributed by atoms with Crippen LogP contribution in [0.3, 0.4) is 0 Å². The van der Waals surface area contributed by atoms with E-state index in [-0.39, 0.29) is 0 Å². The molecule has 0 saturated heterocycles. The van der Waals surface area contributed by atoms with Gasteiger partial charge in [-0.15, -0.1) is 0 Å². The van der Waals surface area contributed by atoms with Gasteiger partial charge in [0.1, 0.15) is 11.1 Å². The van der Waals surface area contributed by atoms with Crippen molar-refractivity contribution in [2.45, 2.75) is 0 Å². The first kappa shape index (κ1) is 8.96. The molecule has 0 N–H and O–H groups in total. The Balaban J connectivity index is 2.45. The zero-order valence-electron chi connectivity index (χ0n) is 8.51. The molecule has 3 aromatic rings. The second-order valence-electron chi connectivity index (χ2n) is 3.36. The van der Waals surface area contributed by atoms with Gasteiger partial charge in [0.25, 0.3) is 0 Å². The molecule has 0 amide bonds. The van der Waals surface area contributed by atoms with Gasteiger partial charge in [-0.1, -0.05) is 0 Å². The Labute approximate surface area is 90.2 Å². The van der Waals surface area contributed by atoms with Crippen molar-refractivity contribution < 1.29 is 13.9 Å². The third-order valence-corrected chi connectivity index (χ3v) is 2.51. The van der Waals surface area contributed by atoms with Crippen LogP contribution in [0.4, 0.5) is 0 Å². The van der Waals surface area contributed by atoms with E-state index >= 15 is 0 Å². The van der Waals surface area contributed by atoms with Crippen molar-refractivity contribution in [3.63, 3.8) is 0 Å². The highest BCUT2D eigenvalue weighted by atomic mass is 16.5. The summed E-state index contributed by atoms with van der Waals surface area (Å²) in [6.07, 6.45) is 4.83. The zero-order valence-corrected chi connectivity index (χ0v) is 8.51. The summed E-state index contributed by atoms with van der Waals surface area (Å²) in [4.78, 5) is 11.5. The van der Waals surface area contributed by atoms with E-state index in [0.717, 1.165) is 5.39 Å². The quantitative estimate of drug-likeness (QED) is 0.582. The largest absolute Gasteiger partial charge is 0.465 e. The monoisotopic (exact) mass is 216 g/mol. The number of fused-ring (bicyclic) bond motifs is 3. The van der Waals surface area contributed by atoms with Crippen molar-refractivity contribution in [2.24, 2.45) is 0 Å². The Morgan fingerprint density at radius 1 is 1.50 bits per heavy atom. The molecule has 0 aliphatic carbocycles. The van der Waals surface area contributed by atoms with E-state index in [1.54, 1.807) is 17.0 Å². The maximum atomic E-state index is 11.5. The van der Waals surface area contributed by atoms with Crippen molar-refractivity contribution in [3.8, 4) is 0 Å². The first-order valence-electron chi connectivity index (χ1n) is 4.73. The van der Waals surface area contributed by atoms with Crippen LogP contribution in [0, 0.1) is 0 Å². The molecule has 0 spiro atoms. The van der Waals surface area contributed by atoms with Crippen molar-refractivity contribution in [1.82, 2.24) is 9.61 Å². The number of furan rings is 1. The molecule has 0 fully saturated rings. The third kappa shape index (κ3) is 1.05. The van der Waals surface area contributed by atoms with Crippen LogP contribution in [-0.2, 0) is 4.74 Å². The lowest BCUT2D eigenvalue weighted by Gasteiger charge is -1.97. The van der Waals surface area contributed by atoms with E-state index in [1.807, 2.05) is 12.1 Å². The van der Waals surface area contributed by atoms with Crippen LogP contribution in [0.25, 0.3) is 16.5 Å².